The number of nitrogens with zero attached hydrogens (tertiary/aromatic N) is 1. The molecule has 0 unspecified atom stereocenters. The molecule has 114 valence electrons. The quantitative estimate of drug-likeness (QED) is 0.675. The second-order valence-electron chi connectivity index (χ2n) is 4.92. The molecule has 0 saturated carbocycles. The van der Waals surface area contributed by atoms with E-state index in [4.69, 9.17) is 4.74 Å². The summed E-state index contributed by atoms with van der Waals surface area (Å²) < 4.78 is 5.56. The number of para-hydroxylation sites is 1. The van der Waals surface area contributed by atoms with Crippen molar-refractivity contribution in [3.63, 3.8) is 0 Å². The molecule has 0 aromatic heterocycles. The van der Waals surface area contributed by atoms with Gasteiger partial charge in [0.05, 0.1) is 16.6 Å². The van der Waals surface area contributed by atoms with Crippen molar-refractivity contribution in [1.29, 1.82) is 0 Å². The summed E-state index contributed by atoms with van der Waals surface area (Å²) in [5.41, 5.74) is 0.579. The van der Waals surface area contributed by atoms with Crippen LogP contribution in [0.2, 0.25) is 0 Å². The van der Waals surface area contributed by atoms with Crippen molar-refractivity contribution in [2.24, 2.45) is 0 Å². The molecule has 0 heterocycles. The first-order chi connectivity index (χ1) is 10.5. The summed E-state index contributed by atoms with van der Waals surface area (Å²) in [6.45, 7) is 3.64. The van der Waals surface area contributed by atoms with E-state index in [0.29, 0.717) is 11.4 Å². The Hall–Kier alpha value is -2.89. The van der Waals surface area contributed by atoms with Gasteiger partial charge in [0.15, 0.2) is 0 Å². The van der Waals surface area contributed by atoms with Crippen molar-refractivity contribution < 1.29 is 14.5 Å². The van der Waals surface area contributed by atoms with Gasteiger partial charge in [-0.05, 0) is 32.0 Å². The number of non-ortho nitro benzene ring substituents is 1. The zero-order valence-electron chi connectivity index (χ0n) is 12.3. The molecule has 1 N–H and O–H groups in total. The Balaban J connectivity index is 2.34. The third-order valence-electron chi connectivity index (χ3n) is 2.81. The predicted molar refractivity (Wildman–Crippen MR) is 83.3 cm³/mol. The summed E-state index contributed by atoms with van der Waals surface area (Å²) in [6, 6.07) is 12.8. The zero-order valence-corrected chi connectivity index (χ0v) is 12.3. The highest BCUT2D eigenvalue weighted by Crippen LogP contribution is 2.26. The van der Waals surface area contributed by atoms with Crippen molar-refractivity contribution in [3.05, 3.63) is 64.2 Å². The van der Waals surface area contributed by atoms with Gasteiger partial charge in [-0.15, -0.1) is 0 Å². The average molecular weight is 300 g/mol. The molecule has 1 amide bonds. The molecule has 0 atom stereocenters. The fourth-order valence-electron chi connectivity index (χ4n) is 1.89. The number of carbonyl (C=O) groups is 1. The number of rotatable bonds is 5. The molecule has 2 aromatic rings. The highest BCUT2D eigenvalue weighted by atomic mass is 16.6. The second kappa shape index (κ2) is 6.71. The largest absolute Gasteiger partial charge is 0.490 e. The number of amides is 1. The third-order valence-corrected chi connectivity index (χ3v) is 2.81. The van der Waals surface area contributed by atoms with E-state index in [0.717, 1.165) is 0 Å². The molecule has 0 aliphatic heterocycles. The Morgan fingerprint density at radius 3 is 2.45 bits per heavy atom. The normalized spacial score (nSPS) is 10.3. The molecular formula is C16H16N2O4. The molecule has 0 saturated heterocycles. The number of benzene rings is 2. The van der Waals surface area contributed by atoms with Gasteiger partial charge in [-0.25, -0.2) is 0 Å². The van der Waals surface area contributed by atoms with E-state index in [1.54, 1.807) is 24.3 Å². The molecule has 0 aliphatic rings. The van der Waals surface area contributed by atoms with E-state index in [9.17, 15) is 14.9 Å². The molecule has 6 nitrogen and oxygen atoms in total. The zero-order chi connectivity index (χ0) is 16.1. The van der Waals surface area contributed by atoms with Crippen LogP contribution in [0.4, 0.5) is 11.4 Å². The maximum absolute atomic E-state index is 12.4. The maximum Gasteiger partial charge on any atom is 0.270 e. The number of ether oxygens (including phenoxy) is 1. The number of nitro benzene ring substituents is 1. The van der Waals surface area contributed by atoms with Crippen molar-refractivity contribution in [2.75, 3.05) is 5.32 Å². The average Bonchev–Trinajstić information content (AvgIpc) is 2.47. The molecular weight excluding hydrogens is 284 g/mol. The Labute approximate surface area is 127 Å². The summed E-state index contributed by atoms with van der Waals surface area (Å²) in [4.78, 5) is 22.7. The van der Waals surface area contributed by atoms with Gasteiger partial charge < -0.3 is 10.1 Å². The van der Waals surface area contributed by atoms with Gasteiger partial charge in [0, 0.05) is 17.8 Å². The molecule has 0 bridgehead atoms. The highest BCUT2D eigenvalue weighted by Gasteiger charge is 2.18. The summed E-state index contributed by atoms with van der Waals surface area (Å²) in [6.07, 6.45) is -0.148. The van der Waals surface area contributed by atoms with Gasteiger partial charge in [0.2, 0.25) is 0 Å². The van der Waals surface area contributed by atoms with Gasteiger partial charge in [-0.2, -0.15) is 0 Å². The molecule has 2 aromatic carbocycles. The Morgan fingerprint density at radius 1 is 1.18 bits per heavy atom. The maximum atomic E-state index is 12.4. The minimum Gasteiger partial charge on any atom is -0.490 e. The van der Waals surface area contributed by atoms with Gasteiger partial charge in [-0.3, -0.25) is 14.9 Å². The van der Waals surface area contributed by atoms with Crippen molar-refractivity contribution in [3.8, 4) is 5.75 Å². The third kappa shape index (κ3) is 3.82. The van der Waals surface area contributed by atoms with Gasteiger partial charge in [0.25, 0.3) is 11.6 Å². The number of hydrogen-bond donors (Lipinski definition) is 1. The van der Waals surface area contributed by atoms with E-state index >= 15 is 0 Å². The van der Waals surface area contributed by atoms with Crippen LogP contribution < -0.4 is 10.1 Å². The summed E-state index contributed by atoms with van der Waals surface area (Å²) in [5, 5.41) is 13.6. The molecule has 0 fully saturated rings. The summed E-state index contributed by atoms with van der Waals surface area (Å²) in [7, 11) is 0. The van der Waals surface area contributed by atoms with Crippen molar-refractivity contribution in [1.82, 2.24) is 0 Å². The lowest BCUT2D eigenvalue weighted by atomic mass is 10.1. The van der Waals surface area contributed by atoms with Crippen LogP contribution in [-0.4, -0.2) is 16.9 Å². The van der Waals surface area contributed by atoms with E-state index in [-0.39, 0.29) is 17.4 Å². The fourth-order valence-corrected chi connectivity index (χ4v) is 1.89. The molecule has 0 spiro atoms. The minimum atomic E-state index is -0.543. The van der Waals surface area contributed by atoms with E-state index in [1.807, 2.05) is 19.9 Å². The van der Waals surface area contributed by atoms with Crippen molar-refractivity contribution in [2.45, 2.75) is 20.0 Å². The van der Waals surface area contributed by atoms with Crippen molar-refractivity contribution >= 4 is 17.3 Å². The SMILES string of the molecule is CC(C)Oc1ccc([N+](=O)[O-])cc1C(=O)Nc1ccccc1. The molecule has 0 aliphatic carbocycles. The number of anilines is 1. The molecule has 6 heteroatoms. The number of hydrogen-bond acceptors (Lipinski definition) is 4. The van der Waals surface area contributed by atoms with Crippen LogP contribution in [0.5, 0.6) is 5.75 Å². The van der Waals surface area contributed by atoms with Crippen LogP contribution in [0.1, 0.15) is 24.2 Å². The molecule has 22 heavy (non-hydrogen) atoms. The number of nitro groups is 1. The topological polar surface area (TPSA) is 81.5 Å². The first kappa shape index (κ1) is 15.5. The highest BCUT2D eigenvalue weighted by molar-refractivity contribution is 6.06. The smallest absolute Gasteiger partial charge is 0.270 e. The van der Waals surface area contributed by atoms with Crippen LogP contribution in [0, 0.1) is 10.1 Å². The standard InChI is InChI=1S/C16H16N2O4/c1-11(2)22-15-9-8-13(18(20)21)10-14(15)16(19)17-12-6-4-3-5-7-12/h3-11H,1-2H3,(H,17,19). The lowest BCUT2D eigenvalue weighted by Crippen LogP contribution is -2.16. The first-order valence-corrected chi connectivity index (χ1v) is 6.79. The molecule has 0 radical (unpaired) electrons. The Morgan fingerprint density at radius 2 is 1.86 bits per heavy atom. The fraction of sp³-hybridized carbons (Fsp3) is 0.188. The van der Waals surface area contributed by atoms with Gasteiger partial charge in [-0.1, -0.05) is 18.2 Å². The van der Waals surface area contributed by atoms with Gasteiger partial charge >= 0.3 is 0 Å². The van der Waals surface area contributed by atoms with Crippen LogP contribution in [0.25, 0.3) is 0 Å². The van der Waals surface area contributed by atoms with Crippen LogP contribution in [0.15, 0.2) is 48.5 Å². The van der Waals surface area contributed by atoms with E-state index in [2.05, 4.69) is 5.32 Å². The summed E-state index contributed by atoms with van der Waals surface area (Å²) >= 11 is 0. The Kier molecular flexibility index (Phi) is 4.73. The van der Waals surface area contributed by atoms with Gasteiger partial charge in [0.1, 0.15) is 5.75 Å². The summed E-state index contributed by atoms with van der Waals surface area (Å²) in [5.74, 6) is -0.139. The lowest BCUT2D eigenvalue weighted by Gasteiger charge is -2.14. The minimum absolute atomic E-state index is 0.131. The second-order valence-corrected chi connectivity index (χ2v) is 4.92. The van der Waals surface area contributed by atoms with Crippen LogP contribution in [0.3, 0.4) is 0 Å². The van der Waals surface area contributed by atoms with Crippen LogP contribution in [-0.2, 0) is 0 Å². The predicted octanol–water partition coefficient (Wildman–Crippen LogP) is 3.63. The lowest BCUT2D eigenvalue weighted by molar-refractivity contribution is -0.384. The van der Waals surface area contributed by atoms with E-state index in [1.165, 1.54) is 18.2 Å². The van der Waals surface area contributed by atoms with Crippen LogP contribution >= 0.6 is 0 Å². The molecule has 2 rings (SSSR count). The number of nitrogens with one attached hydrogen (secondary N) is 1. The Bertz CT molecular complexity index is 684. The number of carbonyl (C=O) groups excluding carboxylic acids is 1. The van der Waals surface area contributed by atoms with E-state index < -0.39 is 10.8 Å². The first-order valence-electron chi connectivity index (χ1n) is 6.79. The monoisotopic (exact) mass is 300 g/mol.